The van der Waals surface area contributed by atoms with E-state index in [0.29, 0.717) is 18.0 Å². The summed E-state index contributed by atoms with van der Waals surface area (Å²) >= 11 is 0. The van der Waals surface area contributed by atoms with Gasteiger partial charge < -0.3 is 19.2 Å². The van der Waals surface area contributed by atoms with Gasteiger partial charge in [-0.2, -0.15) is 4.98 Å². The summed E-state index contributed by atoms with van der Waals surface area (Å²) in [5.74, 6) is 1.22. The van der Waals surface area contributed by atoms with Crippen LogP contribution in [0.2, 0.25) is 0 Å². The largest absolute Gasteiger partial charge is 0.493 e. The predicted octanol–water partition coefficient (Wildman–Crippen LogP) is 2.19. The van der Waals surface area contributed by atoms with Gasteiger partial charge in [0.25, 0.3) is 0 Å². The average Bonchev–Trinajstić information content (AvgIpc) is 2.78. The van der Waals surface area contributed by atoms with Crippen molar-refractivity contribution in [2.24, 2.45) is 0 Å². The minimum Gasteiger partial charge on any atom is -0.493 e. The summed E-state index contributed by atoms with van der Waals surface area (Å²) in [6, 6.07) is 7.33. The Morgan fingerprint density at radius 2 is 2.06 bits per heavy atom. The second kappa shape index (κ2) is 5.36. The van der Waals surface area contributed by atoms with Crippen molar-refractivity contribution in [1.29, 1.82) is 0 Å². The fraction of sp³-hybridized carbons (Fsp3) is 0.250. The van der Waals surface area contributed by atoms with Crippen LogP contribution in [0.1, 0.15) is 5.69 Å². The second-order valence-electron chi connectivity index (χ2n) is 3.39. The highest BCUT2D eigenvalue weighted by molar-refractivity contribution is 5.40. The summed E-state index contributed by atoms with van der Waals surface area (Å²) in [5, 5.41) is 2.98. The van der Waals surface area contributed by atoms with Gasteiger partial charge in [-0.1, -0.05) is 12.1 Å². The molecule has 0 bridgehead atoms. The Labute approximate surface area is 99.4 Å². The maximum atomic E-state index is 5.50. The SMILES string of the molecule is CNCc1coc(Oc2ccccc2OC)n1. The van der Waals surface area contributed by atoms with E-state index in [4.69, 9.17) is 13.9 Å². The van der Waals surface area contributed by atoms with Crippen molar-refractivity contribution in [2.75, 3.05) is 14.2 Å². The van der Waals surface area contributed by atoms with Crippen LogP contribution < -0.4 is 14.8 Å². The minimum absolute atomic E-state index is 0.208. The van der Waals surface area contributed by atoms with Crippen LogP contribution in [0.3, 0.4) is 0 Å². The van der Waals surface area contributed by atoms with Crippen molar-refractivity contribution in [1.82, 2.24) is 10.3 Å². The van der Waals surface area contributed by atoms with E-state index in [1.54, 1.807) is 19.4 Å². The van der Waals surface area contributed by atoms with Gasteiger partial charge >= 0.3 is 6.08 Å². The van der Waals surface area contributed by atoms with Gasteiger partial charge in [0.2, 0.25) is 0 Å². The number of methoxy groups -OCH3 is 1. The average molecular weight is 234 g/mol. The van der Waals surface area contributed by atoms with Gasteiger partial charge in [0.1, 0.15) is 6.26 Å². The van der Waals surface area contributed by atoms with E-state index in [9.17, 15) is 0 Å². The van der Waals surface area contributed by atoms with Gasteiger partial charge in [-0.25, -0.2) is 0 Å². The van der Waals surface area contributed by atoms with Crippen LogP contribution in [0, 0.1) is 0 Å². The lowest BCUT2D eigenvalue weighted by atomic mass is 10.3. The Morgan fingerprint density at radius 3 is 2.76 bits per heavy atom. The number of ether oxygens (including phenoxy) is 2. The Bertz CT molecular complexity index is 482. The van der Waals surface area contributed by atoms with Crippen LogP contribution in [0.15, 0.2) is 34.9 Å². The highest BCUT2D eigenvalue weighted by Gasteiger charge is 2.09. The van der Waals surface area contributed by atoms with Crippen LogP contribution in [0.5, 0.6) is 17.6 Å². The van der Waals surface area contributed by atoms with Gasteiger partial charge in [-0.05, 0) is 19.2 Å². The molecule has 0 saturated carbocycles. The predicted molar refractivity (Wildman–Crippen MR) is 62.3 cm³/mol. The van der Waals surface area contributed by atoms with Crippen LogP contribution in [-0.4, -0.2) is 19.1 Å². The second-order valence-corrected chi connectivity index (χ2v) is 3.39. The maximum absolute atomic E-state index is 5.50. The maximum Gasteiger partial charge on any atom is 0.399 e. The van der Waals surface area contributed by atoms with Gasteiger partial charge in [-0.15, -0.1) is 0 Å². The lowest BCUT2D eigenvalue weighted by Gasteiger charge is -2.05. The van der Waals surface area contributed by atoms with Crippen LogP contribution >= 0.6 is 0 Å². The molecule has 0 spiro atoms. The molecular formula is C12H14N2O3. The van der Waals surface area contributed by atoms with E-state index in [1.807, 2.05) is 25.2 Å². The molecule has 90 valence electrons. The first kappa shape index (κ1) is 11.5. The third kappa shape index (κ3) is 2.76. The highest BCUT2D eigenvalue weighted by atomic mass is 16.6. The fourth-order valence-electron chi connectivity index (χ4n) is 1.39. The minimum atomic E-state index is 0.208. The Kier molecular flexibility index (Phi) is 3.62. The molecule has 5 heteroatoms. The summed E-state index contributed by atoms with van der Waals surface area (Å²) in [5.41, 5.74) is 0.789. The molecule has 2 aromatic rings. The molecule has 0 fully saturated rings. The topological polar surface area (TPSA) is 56.5 Å². The molecule has 0 saturated heterocycles. The molecular weight excluding hydrogens is 220 g/mol. The van der Waals surface area contributed by atoms with Crippen molar-refractivity contribution in [3.63, 3.8) is 0 Å². The van der Waals surface area contributed by atoms with Crippen LogP contribution in [0.4, 0.5) is 0 Å². The molecule has 1 heterocycles. The molecule has 5 nitrogen and oxygen atoms in total. The standard InChI is InChI=1S/C12H14N2O3/c1-13-7-9-8-16-12(14-9)17-11-6-4-3-5-10(11)15-2/h3-6,8,13H,7H2,1-2H3. The zero-order valence-corrected chi connectivity index (χ0v) is 9.77. The van der Waals surface area contributed by atoms with E-state index < -0.39 is 0 Å². The van der Waals surface area contributed by atoms with Crippen molar-refractivity contribution in [3.05, 3.63) is 36.2 Å². The number of hydrogen-bond acceptors (Lipinski definition) is 5. The van der Waals surface area contributed by atoms with E-state index in [0.717, 1.165) is 5.69 Å². The number of aromatic nitrogens is 1. The number of para-hydroxylation sites is 2. The third-order valence-corrected chi connectivity index (χ3v) is 2.15. The van der Waals surface area contributed by atoms with Gasteiger partial charge in [-0.3, -0.25) is 0 Å². The van der Waals surface area contributed by atoms with Crippen LogP contribution in [0.25, 0.3) is 0 Å². The first-order valence-corrected chi connectivity index (χ1v) is 5.23. The summed E-state index contributed by atoms with van der Waals surface area (Å²) in [6.07, 6.45) is 1.76. The molecule has 0 unspecified atom stereocenters. The van der Waals surface area contributed by atoms with Gasteiger partial charge in [0, 0.05) is 6.54 Å². The Morgan fingerprint density at radius 1 is 1.29 bits per heavy atom. The molecule has 0 aliphatic heterocycles. The molecule has 1 N–H and O–H groups in total. The smallest absolute Gasteiger partial charge is 0.399 e. The Hall–Kier alpha value is -2.01. The van der Waals surface area contributed by atoms with E-state index in [1.165, 1.54) is 0 Å². The molecule has 1 aromatic heterocycles. The Balaban J connectivity index is 2.13. The molecule has 0 aliphatic rings. The number of nitrogens with zero attached hydrogens (tertiary/aromatic N) is 1. The lowest BCUT2D eigenvalue weighted by molar-refractivity contribution is 0.310. The third-order valence-electron chi connectivity index (χ3n) is 2.15. The summed E-state index contributed by atoms with van der Waals surface area (Å²) in [7, 11) is 3.43. The van der Waals surface area contributed by atoms with Crippen LogP contribution in [-0.2, 0) is 6.54 Å². The lowest BCUT2D eigenvalue weighted by Crippen LogP contribution is -2.04. The summed E-state index contributed by atoms with van der Waals surface area (Å²) in [4.78, 5) is 4.16. The first-order valence-electron chi connectivity index (χ1n) is 5.23. The fourth-order valence-corrected chi connectivity index (χ4v) is 1.39. The number of nitrogens with one attached hydrogen (secondary N) is 1. The van der Waals surface area contributed by atoms with Crippen molar-refractivity contribution >= 4 is 0 Å². The zero-order valence-electron chi connectivity index (χ0n) is 9.77. The monoisotopic (exact) mass is 234 g/mol. The number of oxazole rings is 1. The molecule has 0 radical (unpaired) electrons. The quantitative estimate of drug-likeness (QED) is 0.859. The molecule has 2 rings (SSSR count). The summed E-state index contributed by atoms with van der Waals surface area (Å²) in [6.45, 7) is 0.638. The molecule has 0 aliphatic carbocycles. The van der Waals surface area contributed by atoms with Crippen molar-refractivity contribution in [3.8, 4) is 17.6 Å². The molecule has 0 amide bonds. The van der Waals surface area contributed by atoms with E-state index in [2.05, 4.69) is 10.3 Å². The number of hydrogen-bond donors (Lipinski definition) is 1. The van der Waals surface area contributed by atoms with E-state index >= 15 is 0 Å². The highest BCUT2D eigenvalue weighted by Crippen LogP contribution is 2.30. The summed E-state index contributed by atoms with van der Waals surface area (Å²) < 4.78 is 15.9. The van der Waals surface area contributed by atoms with Crippen molar-refractivity contribution in [2.45, 2.75) is 6.54 Å². The normalized spacial score (nSPS) is 10.2. The molecule has 1 aromatic carbocycles. The van der Waals surface area contributed by atoms with Gasteiger partial charge in [0.15, 0.2) is 11.5 Å². The number of benzene rings is 1. The van der Waals surface area contributed by atoms with Crippen molar-refractivity contribution < 1.29 is 13.9 Å². The molecule has 0 atom stereocenters. The zero-order chi connectivity index (χ0) is 12.1. The first-order chi connectivity index (χ1) is 8.33. The van der Waals surface area contributed by atoms with Gasteiger partial charge in [0.05, 0.1) is 12.8 Å². The molecule has 17 heavy (non-hydrogen) atoms. The van der Waals surface area contributed by atoms with E-state index in [-0.39, 0.29) is 6.08 Å². The number of rotatable bonds is 5.